The molecule has 0 fully saturated rings. The minimum atomic E-state index is -0.412. The number of nitrogens with one attached hydrogen (secondary N) is 1. The molecule has 1 unspecified atom stereocenters. The van der Waals surface area contributed by atoms with Crippen molar-refractivity contribution in [2.24, 2.45) is 5.92 Å². The van der Waals surface area contributed by atoms with Gasteiger partial charge in [-0.3, -0.25) is 14.4 Å². The molecule has 196 valence electrons. The SMILES string of the molecule is CC.CC.CCOC(=O)C(C)CCNC(=O)CCC(=O)OC.Cc1ccc(-c2ccccc2)cc1. The summed E-state index contributed by atoms with van der Waals surface area (Å²) in [5, 5.41) is 2.64. The van der Waals surface area contributed by atoms with E-state index in [1.807, 2.05) is 33.8 Å². The van der Waals surface area contributed by atoms with Gasteiger partial charge in [-0.15, -0.1) is 0 Å². The predicted octanol–water partition coefficient (Wildman–Crippen LogP) is 6.36. The van der Waals surface area contributed by atoms with Gasteiger partial charge < -0.3 is 14.8 Å². The fourth-order valence-corrected chi connectivity index (χ4v) is 2.61. The Bertz CT molecular complexity index is 804. The summed E-state index contributed by atoms with van der Waals surface area (Å²) in [5.74, 6) is -1.14. The number of hydrogen-bond donors (Lipinski definition) is 1. The smallest absolute Gasteiger partial charge is 0.308 e. The summed E-state index contributed by atoms with van der Waals surface area (Å²) in [6.07, 6.45) is 0.680. The number of ether oxygens (including phenoxy) is 2. The first kappa shape index (κ1) is 34.0. The largest absolute Gasteiger partial charge is 0.469 e. The van der Waals surface area contributed by atoms with E-state index in [1.54, 1.807) is 13.8 Å². The number of hydrogen-bond acceptors (Lipinski definition) is 5. The summed E-state index contributed by atoms with van der Waals surface area (Å²) < 4.78 is 9.26. The average molecular weight is 488 g/mol. The van der Waals surface area contributed by atoms with Crippen molar-refractivity contribution in [3.05, 3.63) is 60.2 Å². The van der Waals surface area contributed by atoms with Crippen molar-refractivity contribution in [2.75, 3.05) is 20.3 Å². The fraction of sp³-hybridized carbons (Fsp3) is 0.483. The Morgan fingerprint density at radius 3 is 1.91 bits per heavy atom. The van der Waals surface area contributed by atoms with Gasteiger partial charge >= 0.3 is 11.9 Å². The second-order valence-corrected chi connectivity index (χ2v) is 7.10. The van der Waals surface area contributed by atoms with Gasteiger partial charge in [0.05, 0.1) is 26.1 Å². The molecule has 0 bridgehead atoms. The van der Waals surface area contributed by atoms with Crippen molar-refractivity contribution < 1.29 is 23.9 Å². The number of esters is 2. The lowest BCUT2D eigenvalue weighted by Gasteiger charge is -2.10. The highest BCUT2D eigenvalue weighted by atomic mass is 16.5. The minimum absolute atomic E-state index is 0.0652. The molecule has 2 aromatic carbocycles. The third-order valence-corrected chi connectivity index (χ3v) is 4.53. The second kappa shape index (κ2) is 22.6. The molecule has 0 radical (unpaired) electrons. The highest BCUT2D eigenvalue weighted by Gasteiger charge is 2.14. The van der Waals surface area contributed by atoms with Crippen LogP contribution in [0.4, 0.5) is 0 Å². The summed E-state index contributed by atoms with van der Waals surface area (Å²) in [6, 6.07) is 19.0. The van der Waals surface area contributed by atoms with Crippen LogP contribution in [0.25, 0.3) is 11.1 Å². The summed E-state index contributed by atoms with van der Waals surface area (Å²) in [6.45, 7) is 14.3. The monoisotopic (exact) mass is 487 g/mol. The number of carbonyl (C=O) groups is 3. The maximum absolute atomic E-state index is 11.3. The lowest BCUT2D eigenvalue weighted by Crippen LogP contribution is -2.28. The molecule has 2 rings (SSSR count). The van der Waals surface area contributed by atoms with E-state index in [2.05, 4.69) is 65.5 Å². The summed E-state index contributed by atoms with van der Waals surface area (Å²) in [5.41, 5.74) is 3.87. The van der Waals surface area contributed by atoms with Gasteiger partial charge in [0.1, 0.15) is 0 Å². The Morgan fingerprint density at radius 2 is 1.40 bits per heavy atom. The van der Waals surface area contributed by atoms with E-state index >= 15 is 0 Å². The van der Waals surface area contributed by atoms with Crippen LogP contribution in [0.2, 0.25) is 0 Å². The summed E-state index contributed by atoms with van der Waals surface area (Å²) in [4.78, 5) is 33.4. The van der Waals surface area contributed by atoms with E-state index < -0.39 is 5.97 Å². The van der Waals surface area contributed by atoms with Gasteiger partial charge in [-0.1, -0.05) is 94.8 Å². The van der Waals surface area contributed by atoms with E-state index in [-0.39, 0.29) is 30.6 Å². The number of amides is 1. The summed E-state index contributed by atoms with van der Waals surface area (Å²) >= 11 is 0. The third kappa shape index (κ3) is 17.0. The Kier molecular flexibility index (Phi) is 22.0. The molecule has 0 spiro atoms. The highest BCUT2D eigenvalue weighted by molar-refractivity contribution is 5.81. The van der Waals surface area contributed by atoms with Crippen LogP contribution in [0.1, 0.15) is 66.4 Å². The number of methoxy groups -OCH3 is 1. The van der Waals surface area contributed by atoms with Crippen LogP contribution in [-0.4, -0.2) is 38.1 Å². The van der Waals surface area contributed by atoms with Crippen molar-refractivity contribution in [1.29, 1.82) is 0 Å². The van der Waals surface area contributed by atoms with Crippen LogP contribution in [0.3, 0.4) is 0 Å². The molecule has 0 heterocycles. The van der Waals surface area contributed by atoms with Crippen LogP contribution in [0, 0.1) is 12.8 Å². The van der Waals surface area contributed by atoms with Gasteiger partial charge in [0.15, 0.2) is 0 Å². The second-order valence-electron chi connectivity index (χ2n) is 7.10. The van der Waals surface area contributed by atoms with Crippen LogP contribution in [-0.2, 0) is 23.9 Å². The Hall–Kier alpha value is -3.15. The van der Waals surface area contributed by atoms with Crippen LogP contribution < -0.4 is 5.32 Å². The first-order chi connectivity index (χ1) is 16.9. The van der Waals surface area contributed by atoms with Crippen molar-refractivity contribution in [3.8, 4) is 11.1 Å². The Morgan fingerprint density at radius 1 is 0.857 bits per heavy atom. The molecule has 0 aliphatic heterocycles. The van der Waals surface area contributed by atoms with Crippen molar-refractivity contribution in [2.45, 2.75) is 67.7 Å². The van der Waals surface area contributed by atoms with Gasteiger partial charge in [-0.05, 0) is 31.4 Å². The van der Waals surface area contributed by atoms with E-state index in [0.29, 0.717) is 19.6 Å². The van der Waals surface area contributed by atoms with E-state index in [1.165, 1.54) is 23.8 Å². The molecule has 0 aliphatic rings. The zero-order valence-corrected chi connectivity index (χ0v) is 22.9. The number of carbonyl (C=O) groups excluding carboxylic acids is 3. The van der Waals surface area contributed by atoms with Crippen molar-refractivity contribution >= 4 is 17.8 Å². The molecule has 0 aliphatic carbocycles. The van der Waals surface area contributed by atoms with E-state index in [0.717, 1.165) is 0 Å². The zero-order chi connectivity index (χ0) is 27.1. The molecule has 1 amide bonds. The zero-order valence-electron chi connectivity index (χ0n) is 22.9. The molecule has 35 heavy (non-hydrogen) atoms. The normalized spacial score (nSPS) is 9.94. The molecule has 2 aromatic rings. The summed E-state index contributed by atoms with van der Waals surface area (Å²) in [7, 11) is 1.28. The van der Waals surface area contributed by atoms with Crippen molar-refractivity contribution in [1.82, 2.24) is 5.32 Å². The van der Waals surface area contributed by atoms with Crippen LogP contribution in [0.15, 0.2) is 54.6 Å². The van der Waals surface area contributed by atoms with Gasteiger partial charge in [-0.2, -0.15) is 0 Å². The molecule has 0 saturated carbocycles. The van der Waals surface area contributed by atoms with Crippen LogP contribution >= 0.6 is 0 Å². The molecular formula is C29H45NO5. The lowest BCUT2D eigenvalue weighted by molar-refractivity contribution is -0.147. The molecule has 1 N–H and O–H groups in total. The topological polar surface area (TPSA) is 81.7 Å². The van der Waals surface area contributed by atoms with E-state index in [4.69, 9.17) is 4.74 Å². The van der Waals surface area contributed by atoms with Crippen LogP contribution in [0.5, 0.6) is 0 Å². The molecule has 0 aromatic heterocycles. The number of aryl methyl sites for hydroxylation is 1. The van der Waals surface area contributed by atoms with Crippen molar-refractivity contribution in [3.63, 3.8) is 0 Å². The first-order valence-corrected chi connectivity index (χ1v) is 12.5. The number of benzene rings is 2. The Labute approximate surface area is 212 Å². The van der Waals surface area contributed by atoms with Gasteiger partial charge in [0, 0.05) is 13.0 Å². The average Bonchev–Trinajstić information content (AvgIpc) is 2.91. The van der Waals surface area contributed by atoms with Gasteiger partial charge in [0.2, 0.25) is 5.91 Å². The molecule has 6 nitrogen and oxygen atoms in total. The minimum Gasteiger partial charge on any atom is -0.469 e. The quantitative estimate of drug-likeness (QED) is 0.416. The maximum Gasteiger partial charge on any atom is 0.308 e. The molecule has 0 saturated heterocycles. The first-order valence-electron chi connectivity index (χ1n) is 12.5. The lowest BCUT2D eigenvalue weighted by atomic mass is 10.0. The highest BCUT2D eigenvalue weighted by Crippen LogP contribution is 2.18. The van der Waals surface area contributed by atoms with Gasteiger partial charge in [0.25, 0.3) is 0 Å². The fourth-order valence-electron chi connectivity index (χ4n) is 2.61. The molecule has 1 atom stereocenters. The predicted molar refractivity (Wildman–Crippen MR) is 144 cm³/mol. The molecule has 6 heteroatoms. The molecular weight excluding hydrogens is 442 g/mol. The standard InChI is InChI=1S/C13H12.C12H21NO5.2C2H6/c1-11-7-9-13(10-8-11)12-5-3-2-4-6-12;1-4-18-12(16)9(2)7-8-13-10(14)5-6-11(15)17-3;2*1-2/h2-10H,1H3;9H,4-8H2,1-3H3,(H,13,14);2*1-2H3. The third-order valence-electron chi connectivity index (χ3n) is 4.53. The maximum atomic E-state index is 11.3. The van der Waals surface area contributed by atoms with E-state index in [9.17, 15) is 14.4 Å². The van der Waals surface area contributed by atoms with Gasteiger partial charge in [-0.25, -0.2) is 0 Å². The number of rotatable bonds is 9. The Balaban J connectivity index is 0.